The maximum Gasteiger partial charge on any atom is 0.161 e. The van der Waals surface area contributed by atoms with Crippen LogP contribution in [0.3, 0.4) is 0 Å². The minimum Gasteiger partial charge on any atom is -0.493 e. The van der Waals surface area contributed by atoms with Gasteiger partial charge in [-0.25, -0.2) is 9.97 Å². The highest BCUT2D eigenvalue weighted by molar-refractivity contribution is 5.51. The van der Waals surface area contributed by atoms with E-state index in [2.05, 4.69) is 16.0 Å². The average molecular weight is 269 g/mol. The molecule has 5 nitrogen and oxygen atoms in total. The summed E-state index contributed by atoms with van der Waals surface area (Å²) in [6, 6.07) is 7.70. The molecule has 1 aromatic heterocycles. The number of aryl methyl sites for hydroxylation is 1. The molecule has 0 bridgehead atoms. The van der Waals surface area contributed by atoms with Gasteiger partial charge in [0.25, 0.3) is 0 Å². The molecular weight excluding hydrogens is 254 g/mol. The van der Waals surface area contributed by atoms with E-state index in [0.29, 0.717) is 17.2 Å². The van der Waals surface area contributed by atoms with Crippen molar-refractivity contribution in [2.45, 2.75) is 12.8 Å². The highest BCUT2D eigenvalue weighted by atomic mass is 16.5. The Labute approximate surface area is 117 Å². The summed E-state index contributed by atoms with van der Waals surface area (Å²) in [6.07, 6.45) is 3.07. The monoisotopic (exact) mass is 269 g/mol. The smallest absolute Gasteiger partial charge is 0.161 e. The maximum absolute atomic E-state index is 9.46. The van der Waals surface area contributed by atoms with Crippen LogP contribution in [0.15, 0.2) is 30.7 Å². The van der Waals surface area contributed by atoms with Crippen molar-refractivity contribution in [1.29, 1.82) is 5.26 Å². The van der Waals surface area contributed by atoms with E-state index in [4.69, 9.17) is 9.47 Å². The zero-order valence-corrected chi connectivity index (χ0v) is 11.6. The van der Waals surface area contributed by atoms with Gasteiger partial charge < -0.3 is 9.47 Å². The molecule has 0 fully saturated rings. The van der Waals surface area contributed by atoms with Crippen LogP contribution in [0.25, 0.3) is 0 Å². The zero-order chi connectivity index (χ0) is 14.5. The van der Waals surface area contributed by atoms with Gasteiger partial charge in [0.05, 0.1) is 26.0 Å². The molecule has 0 saturated carbocycles. The fraction of sp³-hybridized carbons (Fsp3) is 0.267. The number of nitrogens with zero attached hydrogens (tertiary/aromatic N) is 3. The summed E-state index contributed by atoms with van der Waals surface area (Å²) in [5.41, 5.74) is 2.47. The molecule has 1 heterocycles. The van der Waals surface area contributed by atoms with Crippen LogP contribution in [0.1, 0.15) is 22.7 Å². The van der Waals surface area contributed by atoms with Crippen LogP contribution in [-0.4, -0.2) is 24.2 Å². The minimum absolute atomic E-state index is 0.460. The molecule has 0 amide bonds. The molecule has 0 aliphatic rings. The summed E-state index contributed by atoms with van der Waals surface area (Å²) in [6.45, 7) is 1.93. The normalized spacial score (nSPS) is 11.5. The first-order valence-electron chi connectivity index (χ1n) is 6.09. The lowest BCUT2D eigenvalue weighted by atomic mass is 9.92. The Morgan fingerprint density at radius 2 is 1.90 bits per heavy atom. The van der Waals surface area contributed by atoms with Crippen molar-refractivity contribution >= 4 is 0 Å². The van der Waals surface area contributed by atoms with E-state index in [0.717, 1.165) is 11.1 Å². The van der Waals surface area contributed by atoms with E-state index >= 15 is 0 Å². The average Bonchev–Trinajstić information content (AvgIpc) is 2.50. The molecule has 2 rings (SSSR count). The van der Waals surface area contributed by atoms with Gasteiger partial charge in [-0.15, -0.1) is 0 Å². The van der Waals surface area contributed by atoms with Gasteiger partial charge >= 0.3 is 0 Å². The van der Waals surface area contributed by atoms with Crippen molar-refractivity contribution in [3.05, 3.63) is 47.5 Å². The topological polar surface area (TPSA) is 68.0 Å². The number of benzene rings is 1. The van der Waals surface area contributed by atoms with Gasteiger partial charge in [-0.2, -0.15) is 5.26 Å². The van der Waals surface area contributed by atoms with Crippen LogP contribution in [0.4, 0.5) is 0 Å². The predicted octanol–water partition coefficient (Wildman–Crippen LogP) is 2.46. The highest BCUT2D eigenvalue weighted by Crippen LogP contribution is 2.35. The Morgan fingerprint density at radius 3 is 2.45 bits per heavy atom. The summed E-state index contributed by atoms with van der Waals surface area (Å²) < 4.78 is 10.6. The third-order valence-corrected chi connectivity index (χ3v) is 3.11. The van der Waals surface area contributed by atoms with Gasteiger partial charge in [-0.1, -0.05) is 0 Å². The van der Waals surface area contributed by atoms with Crippen LogP contribution in [0.5, 0.6) is 11.5 Å². The molecule has 0 aliphatic carbocycles. The zero-order valence-electron chi connectivity index (χ0n) is 11.6. The Morgan fingerprint density at radius 1 is 1.20 bits per heavy atom. The Bertz CT molecular complexity index is 636. The molecule has 0 spiro atoms. The summed E-state index contributed by atoms with van der Waals surface area (Å²) in [7, 11) is 3.16. The lowest BCUT2D eigenvalue weighted by Gasteiger charge is -2.15. The van der Waals surface area contributed by atoms with Crippen LogP contribution in [0, 0.1) is 18.3 Å². The first-order valence-corrected chi connectivity index (χ1v) is 6.09. The molecule has 1 atom stereocenters. The van der Waals surface area contributed by atoms with Gasteiger partial charge in [0.15, 0.2) is 11.5 Å². The summed E-state index contributed by atoms with van der Waals surface area (Å²) >= 11 is 0. The number of rotatable bonds is 4. The number of hydrogen-bond acceptors (Lipinski definition) is 5. The first kappa shape index (κ1) is 13.8. The summed E-state index contributed by atoms with van der Waals surface area (Å²) in [5.74, 6) is 0.785. The van der Waals surface area contributed by atoms with E-state index in [1.807, 2.05) is 19.1 Å². The molecule has 0 N–H and O–H groups in total. The molecule has 0 saturated heterocycles. The third-order valence-electron chi connectivity index (χ3n) is 3.11. The number of hydrogen-bond donors (Lipinski definition) is 0. The summed E-state index contributed by atoms with van der Waals surface area (Å²) in [5, 5.41) is 9.46. The van der Waals surface area contributed by atoms with Crippen LogP contribution in [-0.2, 0) is 0 Å². The highest BCUT2D eigenvalue weighted by Gasteiger charge is 2.19. The van der Waals surface area contributed by atoms with Gasteiger partial charge in [0.2, 0.25) is 0 Å². The second kappa shape index (κ2) is 6.02. The van der Waals surface area contributed by atoms with Crippen LogP contribution in [0.2, 0.25) is 0 Å². The number of nitriles is 1. The SMILES string of the molecule is COc1cc(C)c(C(C#N)c2ccncn2)cc1OC. The number of methoxy groups -OCH3 is 2. The summed E-state index contributed by atoms with van der Waals surface area (Å²) in [4.78, 5) is 8.03. The molecule has 1 unspecified atom stereocenters. The van der Waals surface area contributed by atoms with Crippen LogP contribution >= 0.6 is 0 Å². The second-order valence-corrected chi connectivity index (χ2v) is 4.26. The largest absolute Gasteiger partial charge is 0.493 e. The molecular formula is C15H15N3O2. The quantitative estimate of drug-likeness (QED) is 0.852. The number of ether oxygens (including phenoxy) is 2. The van der Waals surface area contributed by atoms with Crippen molar-refractivity contribution in [3.63, 3.8) is 0 Å². The second-order valence-electron chi connectivity index (χ2n) is 4.26. The van der Waals surface area contributed by atoms with Gasteiger partial charge in [-0.05, 0) is 36.2 Å². The minimum atomic E-state index is -0.460. The Kier molecular flexibility index (Phi) is 4.16. The van der Waals surface area contributed by atoms with Crippen molar-refractivity contribution in [2.24, 2.45) is 0 Å². The molecule has 102 valence electrons. The van der Waals surface area contributed by atoms with Gasteiger partial charge in [0, 0.05) is 6.20 Å². The third kappa shape index (κ3) is 2.54. The Hall–Kier alpha value is -2.61. The van der Waals surface area contributed by atoms with Crippen molar-refractivity contribution < 1.29 is 9.47 Å². The van der Waals surface area contributed by atoms with E-state index in [9.17, 15) is 5.26 Å². The fourth-order valence-corrected chi connectivity index (χ4v) is 2.07. The van der Waals surface area contributed by atoms with Crippen molar-refractivity contribution in [1.82, 2.24) is 9.97 Å². The fourth-order valence-electron chi connectivity index (χ4n) is 2.07. The Balaban J connectivity index is 2.54. The molecule has 5 heteroatoms. The molecule has 1 aromatic carbocycles. The maximum atomic E-state index is 9.46. The molecule has 2 aromatic rings. The first-order chi connectivity index (χ1) is 9.71. The van der Waals surface area contributed by atoms with Crippen LogP contribution < -0.4 is 9.47 Å². The lowest BCUT2D eigenvalue weighted by Crippen LogP contribution is -2.04. The van der Waals surface area contributed by atoms with Gasteiger partial charge in [-0.3, -0.25) is 0 Å². The van der Waals surface area contributed by atoms with E-state index in [-0.39, 0.29) is 0 Å². The molecule has 20 heavy (non-hydrogen) atoms. The number of aromatic nitrogens is 2. The molecule has 0 radical (unpaired) electrons. The van der Waals surface area contributed by atoms with E-state index in [1.54, 1.807) is 26.5 Å². The van der Waals surface area contributed by atoms with E-state index in [1.165, 1.54) is 6.33 Å². The van der Waals surface area contributed by atoms with Gasteiger partial charge in [0.1, 0.15) is 12.2 Å². The van der Waals surface area contributed by atoms with E-state index < -0.39 is 5.92 Å². The standard InChI is InChI=1S/C15H15N3O2/c1-10-6-14(19-2)15(20-3)7-11(10)12(8-16)13-4-5-17-9-18-13/h4-7,9,12H,1-3H3. The van der Waals surface area contributed by atoms with Crippen molar-refractivity contribution in [2.75, 3.05) is 14.2 Å². The lowest BCUT2D eigenvalue weighted by molar-refractivity contribution is 0.354. The molecule has 0 aliphatic heterocycles. The predicted molar refractivity (Wildman–Crippen MR) is 73.8 cm³/mol. The van der Waals surface area contributed by atoms with Crippen molar-refractivity contribution in [3.8, 4) is 17.6 Å².